The Labute approximate surface area is 120 Å². The normalized spacial score (nSPS) is 11.4. The molecule has 0 aliphatic carbocycles. The second kappa shape index (κ2) is 6.02. The highest BCUT2D eigenvalue weighted by molar-refractivity contribution is 14.1. The van der Waals surface area contributed by atoms with Crippen molar-refractivity contribution in [2.45, 2.75) is 32.2 Å². The Bertz CT molecular complexity index is 419. The van der Waals surface area contributed by atoms with Crippen LogP contribution in [0.15, 0.2) is 18.2 Å². The third-order valence-electron chi connectivity index (χ3n) is 2.89. The summed E-state index contributed by atoms with van der Waals surface area (Å²) in [5, 5.41) is 3.31. The molecule has 0 saturated carbocycles. The summed E-state index contributed by atoms with van der Waals surface area (Å²) in [5.74, 6) is -0.189. The molecule has 94 valence electrons. The van der Waals surface area contributed by atoms with Crippen LogP contribution >= 0.6 is 34.2 Å². The number of anilines is 1. The van der Waals surface area contributed by atoms with Crippen LogP contribution in [-0.2, 0) is 4.79 Å². The van der Waals surface area contributed by atoms with Gasteiger partial charge in [-0.3, -0.25) is 4.79 Å². The van der Waals surface area contributed by atoms with Gasteiger partial charge in [0.25, 0.3) is 0 Å². The van der Waals surface area contributed by atoms with E-state index in [-0.39, 0.29) is 5.91 Å². The predicted molar refractivity (Wildman–Crippen MR) is 80.3 cm³/mol. The summed E-state index contributed by atoms with van der Waals surface area (Å²) in [4.78, 5) is 12.0. The van der Waals surface area contributed by atoms with Crippen LogP contribution in [0, 0.1) is 3.57 Å². The van der Waals surface area contributed by atoms with E-state index in [4.69, 9.17) is 17.3 Å². The van der Waals surface area contributed by atoms with Crippen molar-refractivity contribution < 1.29 is 4.79 Å². The maximum atomic E-state index is 12.0. The zero-order chi connectivity index (χ0) is 13.1. The van der Waals surface area contributed by atoms with Crippen molar-refractivity contribution >= 4 is 45.8 Å². The molecule has 0 radical (unpaired) electrons. The van der Waals surface area contributed by atoms with Gasteiger partial charge in [-0.2, -0.15) is 0 Å². The molecule has 3 nitrogen and oxygen atoms in total. The van der Waals surface area contributed by atoms with Crippen molar-refractivity contribution in [3.63, 3.8) is 0 Å². The summed E-state index contributed by atoms with van der Waals surface area (Å²) < 4.78 is 1.02. The minimum absolute atomic E-state index is 0.189. The molecular weight excluding hydrogens is 351 g/mol. The molecular formula is C12H16ClIN2O. The molecule has 1 rings (SSSR count). The number of hydrogen-bond donors (Lipinski definition) is 2. The first-order chi connectivity index (χ1) is 7.92. The molecule has 1 aromatic carbocycles. The minimum atomic E-state index is -0.827. The average molecular weight is 367 g/mol. The van der Waals surface area contributed by atoms with Gasteiger partial charge in [-0.25, -0.2) is 0 Å². The molecule has 5 heteroatoms. The van der Waals surface area contributed by atoms with Gasteiger partial charge in [0.15, 0.2) is 0 Å². The Morgan fingerprint density at radius 3 is 2.53 bits per heavy atom. The molecule has 1 aromatic rings. The molecule has 0 atom stereocenters. The van der Waals surface area contributed by atoms with Crippen molar-refractivity contribution in [3.8, 4) is 0 Å². The zero-order valence-corrected chi connectivity index (χ0v) is 12.8. The summed E-state index contributed by atoms with van der Waals surface area (Å²) in [6, 6.07) is 5.47. The smallest absolute Gasteiger partial charge is 0.244 e. The number of halogens is 2. The van der Waals surface area contributed by atoms with Crippen LogP contribution in [0.2, 0.25) is 5.02 Å². The molecule has 0 saturated heterocycles. The van der Waals surface area contributed by atoms with Crippen LogP contribution < -0.4 is 11.1 Å². The van der Waals surface area contributed by atoms with Gasteiger partial charge in [-0.15, -0.1) is 0 Å². The molecule has 0 aliphatic heterocycles. The van der Waals surface area contributed by atoms with Crippen molar-refractivity contribution in [3.05, 3.63) is 26.8 Å². The third-order valence-corrected chi connectivity index (χ3v) is 3.88. The first kappa shape index (κ1) is 14.7. The number of nitrogens with two attached hydrogens (primary N) is 1. The summed E-state index contributed by atoms with van der Waals surface area (Å²) in [7, 11) is 0. The lowest BCUT2D eigenvalue weighted by atomic mass is 9.93. The van der Waals surface area contributed by atoms with Crippen LogP contribution in [-0.4, -0.2) is 11.4 Å². The number of nitrogens with one attached hydrogen (secondary N) is 1. The summed E-state index contributed by atoms with van der Waals surface area (Å²) in [5.41, 5.74) is 5.79. The predicted octanol–water partition coefficient (Wildman–Crippen LogP) is 3.40. The van der Waals surface area contributed by atoms with E-state index in [2.05, 4.69) is 27.9 Å². The Balaban J connectivity index is 2.88. The Morgan fingerprint density at radius 1 is 1.47 bits per heavy atom. The lowest BCUT2D eigenvalue weighted by Gasteiger charge is -2.25. The maximum absolute atomic E-state index is 12.0. The van der Waals surface area contributed by atoms with E-state index < -0.39 is 5.54 Å². The van der Waals surface area contributed by atoms with E-state index in [0.29, 0.717) is 23.6 Å². The first-order valence-electron chi connectivity index (χ1n) is 5.48. The average Bonchev–Trinajstić information content (AvgIpc) is 2.31. The summed E-state index contributed by atoms with van der Waals surface area (Å²) >= 11 is 8.21. The van der Waals surface area contributed by atoms with Crippen molar-refractivity contribution in [2.24, 2.45) is 5.73 Å². The van der Waals surface area contributed by atoms with Crippen molar-refractivity contribution in [2.75, 3.05) is 5.32 Å². The van der Waals surface area contributed by atoms with Gasteiger partial charge in [0.05, 0.1) is 16.2 Å². The van der Waals surface area contributed by atoms with Crippen molar-refractivity contribution in [1.29, 1.82) is 0 Å². The third kappa shape index (κ3) is 3.56. The van der Waals surface area contributed by atoms with Gasteiger partial charge in [-0.1, -0.05) is 25.4 Å². The molecule has 0 fully saturated rings. The van der Waals surface area contributed by atoms with Crippen molar-refractivity contribution in [1.82, 2.24) is 0 Å². The van der Waals surface area contributed by atoms with Gasteiger partial charge >= 0.3 is 0 Å². The standard InChI is InChI=1S/C12H16ClIN2O/c1-3-12(15,4-2)11(17)16-10-6-5-8(14)7-9(10)13/h5-7H,3-4,15H2,1-2H3,(H,16,17). The van der Waals surface area contributed by atoms with Gasteiger partial charge in [0.1, 0.15) is 0 Å². The van der Waals surface area contributed by atoms with E-state index >= 15 is 0 Å². The number of amides is 1. The molecule has 0 bridgehead atoms. The van der Waals surface area contributed by atoms with Crippen LogP contribution in [0.5, 0.6) is 0 Å². The SMILES string of the molecule is CCC(N)(CC)C(=O)Nc1ccc(I)cc1Cl. The number of carbonyl (C=O) groups is 1. The Kier molecular flexibility index (Phi) is 5.22. The minimum Gasteiger partial charge on any atom is -0.323 e. The molecule has 0 aliphatic rings. The quantitative estimate of drug-likeness (QED) is 0.803. The second-order valence-electron chi connectivity index (χ2n) is 3.94. The molecule has 1 amide bonds. The van der Waals surface area contributed by atoms with Gasteiger partial charge in [0.2, 0.25) is 5.91 Å². The van der Waals surface area contributed by atoms with E-state index in [0.717, 1.165) is 3.57 Å². The van der Waals surface area contributed by atoms with Gasteiger partial charge in [0, 0.05) is 3.57 Å². The van der Waals surface area contributed by atoms with Gasteiger partial charge in [-0.05, 0) is 53.6 Å². The summed E-state index contributed by atoms with van der Waals surface area (Å²) in [6.07, 6.45) is 1.19. The largest absolute Gasteiger partial charge is 0.323 e. The zero-order valence-electron chi connectivity index (χ0n) is 9.89. The highest BCUT2D eigenvalue weighted by atomic mass is 127. The fraction of sp³-hybridized carbons (Fsp3) is 0.417. The number of carbonyl (C=O) groups excluding carboxylic acids is 1. The monoisotopic (exact) mass is 366 g/mol. The topological polar surface area (TPSA) is 55.1 Å². The fourth-order valence-electron chi connectivity index (χ4n) is 1.41. The van der Waals surface area contributed by atoms with Crippen LogP contribution in [0.3, 0.4) is 0 Å². The summed E-state index contributed by atoms with van der Waals surface area (Å²) in [6.45, 7) is 3.80. The molecule has 0 unspecified atom stereocenters. The molecule has 0 heterocycles. The Hall–Kier alpha value is -0.330. The van der Waals surface area contributed by atoms with Crippen LogP contribution in [0.25, 0.3) is 0 Å². The Morgan fingerprint density at radius 2 is 2.06 bits per heavy atom. The van der Waals surface area contributed by atoms with Crippen LogP contribution in [0.1, 0.15) is 26.7 Å². The maximum Gasteiger partial charge on any atom is 0.244 e. The van der Waals surface area contributed by atoms with Gasteiger partial charge < -0.3 is 11.1 Å². The molecule has 0 aromatic heterocycles. The molecule has 0 spiro atoms. The highest BCUT2D eigenvalue weighted by Gasteiger charge is 2.30. The van der Waals surface area contributed by atoms with E-state index in [1.165, 1.54) is 0 Å². The highest BCUT2D eigenvalue weighted by Crippen LogP contribution is 2.25. The lowest BCUT2D eigenvalue weighted by Crippen LogP contribution is -2.50. The molecule has 17 heavy (non-hydrogen) atoms. The van der Waals surface area contributed by atoms with E-state index in [1.807, 2.05) is 19.9 Å². The molecule has 3 N–H and O–H groups in total. The first-order valence-corrected chi connectivity index (χ1v) is 6.94. The number of rotatable bonds is 4. The van der Waals surface area contributed by atoms with E-state index in [9.17, 15) is 4.79 Å². The fourth-order valence-corrected chi connectivity index (χ4v) is 2.31. The van der Waals surface area contributed by atoms with E-state index in [1.54, 1.807) is 12.1 Å². The number of benzene rings is 1. The number of hydrogen-bond acceptors (Lipinski definition) is 2. The van der Waals surface area contributed by atoms with Crippen LogP contribution in [0.4, 0.5) is 5.69 Å². The lowest BCUT2D eigenvalue weighted by molar-refractivity contribution is -0.121. The second-order valence-corrected chi connectivity index (χ2v) is 5.59.